The lowest BCUT2D eigenvalue weighted by Gasteiger charge is -2.18. The van der Waals surface area contributed by atoms with Crippen LogP contribution in [0.2, 0.25) is 0 Å². The lowest BCUT2D eigenvalue weighted by molar-refractivity contribution is 0.345. The molecule has 8 heteroatoms. The van der Waals surface area contributed by atoms with Gasteiger partial charge in [0.25, 0.3) is 0 Å². The van der Waals surface area contributed by atoms with Crippen LogP contribution in [0.1, 0.15) is 31.4 Å². The standard InChI is InChI=1S/C18H32N4O2S.HI/c1-6-22(4)14-17-9-7-8-16(12-17)13-20-18(19-3)21-15(2)10-11-25(5,23)24;/h7-9,12,15H,6,10-11,13-14H2,1-5H3,(H2,19,20,21);1H. The molecule has 150 valence electrons. The van der Waals surface area contributed by atoms with E-state index >= 15 is 0 Å². The molecule has 0 amide bonds. The first-order chi connectivity index (χ1) is 11.7. The predicted molar refractivity (Wildman–Crippen MR) is 121 cm³/mol. The summed E-state index contributed by atoms with van der Waals surface area (Å²) in [6.07, 6.45) is 1.81. The molecule has 0 aliphatic heterocycles. The van der Waals surface area contributed by atoms with Gasteiger partial charge < -0.3 is 15.5 Å². The molecule has 26 heavy (non-hydrogen) atoms. The summed E-state index contributed by atoms with van der Waals surface area (Å²) in [6.45, 7) is 6.72. The van der Waals surface area contributed by atoms with Gasteiger partial charge in [0.15, 0.2) is 5.96 Å². The molecule has 0 radical (unpaired) electrons. The van der Waals surface area contributed by atoms with Crippen LogP contribution in [0.3, 0.4) is 0 Å². The molecule has 0 bridgehead atoms. The number of guanidine groups is 1. The highest BCUT2D eigenvalue weighted by Gasteiger charge is 2.09. The number of hydrogen-bond acceptors (Lipinski definition) is 4. The van der Waals surface area contributed by atoms with Gasteiger partial charge >= 0.3 is 0 Å². The van der Waals surface area contributed by atoms with Gasteiger partial charge in [-0.25, -0.2) is 8.42 Å². The molecule has 1 atom stereocenters. The van der Waals surface area contributed by atoms with Crippen molar-refractivity contribution in [3.8, 4) is 0 Å². The Morgan fingerprint density at radius 2 is 1.96 bits per heavy atom. The van der Waals surface area contributed by atoms with Gasteiger partial charge in [-0.2, -0.15) is 0 Å². The summed E-state index contributed by atoms with van der Waals surface area (Å²) in [5.41, 5.74) is 2.47. The number of nitrogens with zero attached hydrogens (tertiary/aromatic N) is 2. The molecule has 0 saturated carbocycles. The third-order valence-electron chi connectivity index (χ3n) is 3.97. The number of nitrogens with one attached hydrogen (secondary N) is 2. The van der Waals surface area contributed by atoms with Crippen molar-refractivity contribution in [1.82, 2.24) is 15.5 Å². The zero-order valence-corrected chi connectivity index (χ0v) is 19.6. The fraction of sp³-hybridized carbons (Fsp3) is 0.611. The van der Waals surface area contributed by atoms with Crippen LogP contribution in [0.15, 0.2) is 29.3 Å². The van der Waals surface area contributed by atoms with E-state index < -0.39 is 9.84 Å². The molecule has 0 fully saturated rings. The first-order valence-electron chi connectivity index (χ1n) is 8.64. The highest BCUT2D eigenvalue weighted by molar-refractivity contribution is 14.0. The Labute approximate surface area is 175 Å². The van der Waals surface area contributed by atoms with Gasteiger partial charge in [0.1, 0.15) is 9.84 Å². The third kappa shape index (κ3) is 11.0. The maximum absolute atomic E-state index is 11.3. The van der Waals surface area contributed by atoms with Gasteiger partial charge in [0, 0.05) is 32.4 Å². The number of halogens is 1. The minimum absolute atomic E-state index is 0. The Hall–Kier alpha value is -0.870. The minimum atomic E-state index is -2.94. The quantitative estimate of drug-likeness (QED) is 0.312. The molecular weight excluding hydrogens is 463 g/mol. The van der Waals surface area contributed by atoms with E-state index in [9.17, 15) is 8.42 Å². The molecule has 0 aromatic heterocycles. The van der Waals surface area contributed by atoms with Gasteiger partial charge in [-0.15, -0.1) is 24.0 Å². The van der Waals surface area contributed by atoms with E-state index in [1.807, 2.05) is 6.92 Å². The smallest absolute Gasteiger partial charge is 0.191 e. The highest BCUT2D eigenvalue weighted by Crippen LogP contribution is 2.07. The van der Waals surface area contributed by atoms with E-state index in [4.69, 9.17) is 0 Å². The van der Waals surface area contributed by atoms with E-state index in [1.54, 1.807) is 7.05 Å². The topological polar surface area (TPSA) is 73.8 Å². The molecule has 0 saturated heterocycles. The second-order valence-corrected chi connectivity index (χ2v) is 8.80. The van der Waals surface area contributed by atoms with Crippen molar-refractivity contribution in [3.05, 3.63) is 35.4 Å². The Morgan fingerprint density at radius 3 is 2.54 bits per heavy atom. The van der Waals surface area contributed by atoms with Crippen LogP contribution in [0.4, 0.5) is 0 Å². The van der Waals surface area contributed by atoms with Crippen molar-refractivity contribution in [3.63, 3.8) is 0 Å². The second-order valence-electron chi connectivity index (χ2n) is 6.54. The lowest BCUT2D eigenvalue weighted by Crippen LogP contribution is -2.42. The molecule has 0 aliphatic rings. The maximum atomic E-state index is 11.3. The number of aliphatic imine (C=N–C) groups is 1. The van der Waals surface area contributed by atoms with E-state index in [1.165, 1.54) is 17.4 Å². The first kappa shape index (κ1) is 25.1. The minimum Gasteiger partial charge on any atom is -0.354 e. The molecule has 0 spiro atoms. The summed E-state index contributed by atoms with van der Waals surface area (Å²) >= 11 is 0. The molecule has 1 aromatic rings. The van der Waals surface area contributed by atoms with Crippen LogP contribution < -0.4 is 10.6 Å². The number of hydrogen-bond donors (Lipinski definition) is 2. The molecule has 0 heterocycles. The summed E-state index contributed by atoms with van der Waals surface area (Å²) < 4.78 is 22.5. The van der Waals surface area contributed by atoms with Crippen molar-refractivity contribution in [2.75, 3.05) is 32.6 Å². The van der Waals surface area contributed by atoms with E-state index in [-0.39, 0.29) is 35.8 Å². The van der Waals surface area contributed by atoms with Crippen molar-refractivity contribution in [2.45, 2.75) is 39.4 Å². The summed E-state index contributed by atoms with van der Waals surface area (Å²) in [4.78, 5) is 6.47. The molecule has 2 N–H and O–H groups in total. The maximum Gasteiger partial charge on any atom is 0.191 e. The van der Waals surface area contributed by atoms with Crippen molar-refractivity contribution in [1.29, 1.82) is 0 Å². The number of sulfone groups is 1. The van der Waals surface area contributed by atoms with Gasteiger partial charge in [-0.3, -0.25) is 4.99 Å². The highest BCUT2D eigenvalue weighted by atomic mass is 127. The molecule has 6 nitrogen and oxygen atoms in total. The largest absolute Gasteiger partial charge is 0.354 e. The van der Waals surface area contributed by atoms with Crippen LogP contribution in [-0.4, -0.2) is 58.0 Å². The summed E-state index contributed by atoms with van der Waals surface area (Å²) in [5.74, 6) is 0.850. The van der Waals surface area contributed by atoms with E-state index in [0.29, 0.717) is 18.9 Å². The average molecular weight is 496 g/mol. The fourth-order valence-corrected chi connectivity index (χ4v) is 3.12. The van der Waals surface area contributed by atoms with Gasteiger partial charge in [0.05, 0.1) is 5.75 Å². The van der Waals surface area contributed by atoms with Gasteiger partial charge in [-0.05, 0) is 38.1 Å². The zero-order chi connectivity index (χ0) is 18.9. The Morgan fingerprint density at radius 1 is 1.31 bits per heavy atom. The average Bonchev–Trinajstić information content (AvgIpc) is 2.56. The van der Waals surface area contributed by atoms with Crippen LogP contribution in [0, 0.1) is 0 Å². The summed E-state index contributed by atoms with van der Waals surface area (Å²) in [5, 5.41) is 6.52. The number of benzene rings is 1. The lowest BCUT2D eigenvalue weighted by atomic mass is 10.1. The Bertz CT molecular complexity index is 665. The Kier molecular flexibility index (Phi) is 12.1. The number of rotatable bonds is 9. The summed E-state index contributed by atoms with van der Waals surface area (Å²) in [6, 6.07) is 8.52. The predicted octanol–water partition coefficient (Wildman–Crippen LogP) is 2.24. The van der Waals surface area contributed by atoms with Crippen molar-refractivity contribution >= 4 is 39.8 Å². The molecule has 1 aromatic carbocycles. The zero-order valence-electron chi connectivity index (χ0n) is 16.4. The van der Waals surface area contributed by atoms with Gasteiger partial charge in [-0.1, -0.05) is 31.2 Å². The summed E-state index contributed by atoms with van der Waals surface area (Å²) in [7, 11) is 0.881. The van der Waals surface area contributed by atoms with Crippen LogP contribution in [0.25, 0.3) is 0 Å². The van der Waals surface area contributed by atoms with Crippen LogP contribution >= 0.6 is 24.0 Å². The van der Waals surface area contributed by atoms with Gasteiger partial charge in [0.2, 0.25) is 0 Å². The fourth-order valence-electron chi connectivity index (χ4n) is 2.34. The van der Waals surface area contributed by atoms with E-state index in [0.717, 1.165) is 13.1 Å². The molecule has 1 unspecified atom stereocenters. The Balaban J connectivity index is 0.00000625. The van der Waals surface area contributed by atoms with Crippen LogP contribution in [-0.2, 0) is 22.9 Å². The molecule has 1 rings (SSSR count). The SMILES string of the molecule is CCN(C)Cc1cccc(CNC(=NC)NC(C)CCS(C)(=O)=O)c1.I. The monoisotopic (exact) mass is 496 g/mol. The molecule has 0 aliphatic carbocycles. The normalized spacial score (nSPS) is 13.2. The van der Waals surface area contributed by atoms with Crippen molar-refractivity contribution in [2.24, 2.45) is 4.99 Å². The third-order valence-corrected chi connectivity index (χ3v) is 4.95. The van der Waals surface area contributed by atoms with Crippen LogP contribution in [0.5, 0.6) is 0 Å². The molecular formula is C18H33IN4O2S. The second kappa shape index (κ2) is 12.5. The first-order valence-corrected chi connectivity index (χ1v) is 10.7. The van der Waals surface area contributed by atoms with E-state index in [2.05, 4.69) is 58.8 Å². The van der Waals surface area contributed by atoms with Crippen molar-refractivity contribution < 1.29 is 8.42 Å².